The minimum absolute atomic E-state index is 0.307. The van der Waals surface area contributed by atoms with Gasteiger partial charge in [-0.3, -0.25) is 0 Å². The summed E-state index contributed by atoms with van der Waals surface area (Å²) in [5.74, 6) is 2.60. The smallest absolute Gasteiger partial charge is 0.218 e. The standard InChI is InChI=1S/C12H21N3O/c1-5-6-7-13-10-8-11(16-4)15-12(14-10)9(2)3/h8-9H,5-7H2,1-4H3,(H,13,14,15). The first-order valence-corrected chi connectivity index (χ1v) is 5.84. The lowest BCUT2D eigenvalue weighted by atomic mass is 10.2. The summed E-state index contributed by atoms with van der Waals surface area (Å²) in [6.45, 7) is 7.26. The lowest BCUT2D eigenvalue weighted by molar-refractivity contribution is 0.394. The van der Waals surface area contributed by atoms with Gasteiger partial charge in [0.2, 0.25) is 5.88 Å². The molecule has 0 unspecified atom stereocenters. The second-order valence-corrected chi connectivity index (χ2v) is 4.09. The first kappa shape index (κ1) is 12.7. The number of methoxy groups -OCH3 is 1. The van der Waals surface area contributed by atoms with Crippen molar-refractivity contribution in [1.29, 1.82) is 0 Å². The summed E-state index contributed by atoms with van der Waals surface area (Å²) >= 11 is 0. The molecular weight excluding hydrogens is 202 g/mol. The van der Waals surface area contributed by atoms with Crippen LogP contribution in [0.1, 0.15) is 45.4 Å². The van der Waals surface area contributed by atoms with Gasteiger partial charge in [0.1, 0.15) is 11.6 Å². The molecule has 0 spiro atoms. The van der Waals surface area contributed by atoms with Crippen LogP contribution in [0.3, 0.4) is 0 Å². The molecule has 0 aromatic carbocycles. The second-order valence-electron chi connectivity index (χ2n) is 4.09. The van der Waals surface area contributed by atoms with Crippen LogP contribution in [0.2, 0.25) is 0 Å². The molecule has 0 amide bonds. The Bertz CT molecular complexity index is 326. The predicted molar refractivity (Wildman–Crippen MR) is 66.1 cm³/mol. The number of aromatic nitrogens is 2. The van der Waals surface area contributed by atoms with Gasteiger partial charge in [0.25, 0.3) is 0 Å². The summed E-state index contributed by atoms with van der Waals surface area (Å²) in [7, 11) is 1.63. The molecule has 1 heterocycles. The first-order valence-electron chi connectivity index (χ1n) is 5.84. The minimum atomic E-state index is 0.307. The largest absolute Gasteiger partial charge is 0.481 e. The van der Waals surface area contributed by atoms with E-state index in [4.69, 9.17) is 4.74 Å². The van der Waals surface area contributed by atoms with Crippen molar-refractivity contribution in [3.63, 3.8) is 0 Å². The summed E-state index contributed by atoms with van der Waals surface area (Å²) < 4.78 is 5.16. The highest BCUT2D eigenvalue weighted by molar-refractivity contribution is 5.38. The fourth-order valence-electron chi connectivity index (χ4n) is 1.29. The maximum absolute atomic E-state index is 5.16. The Balaban J connectivity index is 2.78. The molecule has 4 heteroatoms. The number of anilines is 1. The molecule has 0 aliphatic rings. The normalized spacial score (nSPS) is 10.6. The van der Waals surface area contributed by atoms with Crippen molar-refractivity contribution in [1.82, 2.24) is 9.97 Å². The molecule has 0 saturated carbocycles. The molecule has 1 aromatic heterocycles. The van der Waals surface area contributed by atoms with Crippen LogP contribution in [0.4, 0.5) is 5.82 Å². The molecule has 16 heavy (non-hydrogen) atoms. The van der Waals surface area contributed by atoms with Gasteiger partial charge in [0, 0.05) is 18.5 Å². The molecule has 0 saturated heterocycles. The van der Waals surface area contributed by atoms with Crippen LogP contribution in [0.5, 0.6) is 5.88 Å². The second kappa shape index (κ2) is 6.30. The van der Waals surface area contributed by atoms with Crippen LogP contribution in [0.15, 0.2) is 6.07 Å². The van der Waals surface area contributed by atoms with E-state index in [1.165, 1.54) is 6.42 Å². The number of nitrogens with zero attached hydrogens (tertiary/aromatic N) is 2. The zero-order valence-electron chi connectivity index (χ0n) is 10.6. The average molecular weight is 223 g/mol. The lowest BCUT2D eigenvalue weighted by Crippen LogP contribution is -2.07. The molecule has 1 aromatic rings. The molecule has 0 radical (unpaired) electrons. The van der Waals surface area contributed by atoms with E-state index in [-0.39, 0.29) is 0 Å². The summed E-state index contributed by atoms with van der Waals surface area (Å²) in [6, 6.07) is 1.83. The number of hydrogen-bond acceptors (Lipinski definition) is 4. The SMILES string of the molecule is CCCCNc1cc(OC)nc(C(C)C)n1. The van der Waals surface area contributed by atoms with E-state index in [1.54, 1.807) is 7.11 Å². The van der Waals surface area contributed by atoms with Gasteiger partial charge < -0.3 is 10.1 Å². The molecule has 0 atom stereocenters. The quantitative estimate of drug-likeness (QED) is 0.753. The Kier molecular flexibility index (Phi) is 5.02. The van der Waals surface area contributed by atoms with Crippen LogP contribution in [0.25, 0.3) is 0 Å². The zero-order valence-corrected chi connectivity index (χ0v) is 10.6. The average Bonchev–Trinajstić information content (AvgIpc) is 2.29. The number of ether oxygens (including phenoxy) is 1. The first-order chi connectivity index (χ1) is 7.67. The van der Waals surface area contributed by atoms with Crippen molar-refractivity contribution in [3.8, 4) is 5.88 Å². The van der Waals surface area contributed by atoms with Gasteiger partial charge in [-0.05, 0) is 6.42 Å². The van der Waals surface area contributed by atoms with E-state index >= 15 is 0 Å². The number of hydrogen-bond donors (Lipinski definition) is 1. The molecule has 0 aliphatic heterocycles. The summed E-state index contributed by atoms with van der Waals surface area (Å²) in [6.07, 6.45) is 2.32. The Morgan fingerprint density at radius 3 is 2.69 bits per heavy atom. The molecule has 1 N–H and O–H groups in total. The number of unbranched alkanes of at least 4 members (excludes halogenated alkanes) is 1. The summed E-state index contributed by atoms with van der Waals surface area (Å²) in [5, 5.41) is 3.28. The highest BCUT2D eigenvalue weighted by Crippen LogP contribution is 2.18. The molecule has 4 nitrogen and oxygen atoms in total. The van der Waals surface area contributed by atoms with E-state index in [0.29, 0.717) is 11.8 Å². The number of nitrogens with one attached hydrogen (secondary N) is 1. The minimum Gasteiger partial charge on any atom is -0.481 e. The highest BCUT2D eigenvalue weighted by atomic mass is 16.5. The third-order valence-electron chi connectivity index (χ3n) is 2.28. The fraction of sp³-hybridized carbons (Fsp3) is 0.667. The Morgan fingerprint density at radius 1 is 1.38 bits per heavy atom. The van der Waals surface area contributed by atoms with Crippen molar-refractivity contribution in [2.24, 2.45) is 0 Å². The topological polar surface area (TPSA) is 47.0 Å². The molecule has 90 valence electrons. The van der Waals surface area contributed by atoms with Gasteiger partial charge in [-0.2, -0.15) is 4.98 Å². The molecule has 0 aliphatic carbocycles. The van der Waals surface area contributed by atoms with Crippen LogP contribution >= 0.6 is 0 Å². The van der Waals surface area contributed by atoms with Gasteiger partial charge in [0.05, 0.1) is 7.11 Å². The third kappa shape index (κ3) is 3.68. The Hall–Kier alpha value is -1.32. The predicted octanol–water partition coefficient (Wildman–Crippen LogP) is 2.82. The van der Waals surface area contributed by atoms with Crippen molar-refractivity contribution in [3.05, 3.63) is 11.9 Å². The van der Waals surface area contributed by atoms with Gasteiger partial charge >= 0.3 is 0 Å². The molecule has 0 fully saturated rings. The molecule has 1 rings (SSSR count). The van der Waals surface area contributed by atoms with E-state index in [9.17, 15) is 0 Å². The van der Waals surface area contributed by atoms with E-state index in [1.807, 2.05) is 6.07 Å². The van der Waals surface area contributed by atoms with Crippen LogP contribution in [0, 0.1) is 0 Å². The third-order valence-corrected chi connectivity index (χ3v) is 2.28. The van der Waals surface area contributed by atoms with E-state index in [2.05, 4.69) is 36.1 Å². The van der Waals surface area contributed by atoms with E-state index < -0.39 is 0 Å². The van der Waals surface area contributed by atoms with Gasteiger partial charge in [-0.1, -0.05) is 27.2 Å². The monoisotopic (exact) mass is 223 g/mol. The lowest BCUT2D eigenvalue weighted by Gasteiger charge is -2.10. The highest BCUT2D eigenvalue weighted by Gasteiger charge is 2.07. The van der Waals surface area contributed by atoms with Crippen molar-refractivity contribution >= 4 is 5.82 Å². The Morgan fingerprint density at radius 2 is 2.12 bits per heavy atom. The molecular formula is C12H21N3O. The van der Waals surface area contributed by atoms with Crippen molar-refractivity contribution in [2.45, 2.75) is 39.5 Å². The van der Waals surface area contributed by atoms with Gasteiger partial charge in [0.15, 0.2) is 0 Å². The van der Waals surface area contributed by atoms with E-state index in [0.717, 1.165) is 24.6 Å². The number of rotatable bonds is 6. The summed E-state index contributed by atoms with van der Waals surface area (Å²) in [5.41, 5.74) is 0. The molecule has 0 bridgehead atoms. The zero-order chi connectivity index (χ0) is 12.0. The Labute approximate surface area is 97.5 Å². The van der Waals surface area contributed by atoms with Crippen LogP contribution in [-0.2, 0) is 0 Å². The van der Waals surface area contributed by atoms with Crippen molar-refractivity contribution < 1.29 is 4.74 Å². The van der Waals surface area contributed by atoms with Gasteiger partial charge in [-0.15, -0.1) is 0 Å². The van der Waals surface area contributed by atoms with Crippen LogP contribution < -0.4 is 10.1 Å². The summed E-state index contributed by atoms with van der Waals surface area (Å²) in [4.78, 5) is 8.76. The van der Waals surface area contributed by atoms with Crippen molar-refractivity contribution in [2.75, 3.05) is 19.0 Å². The van der Waals surface area contributed by atoms with Crippen LogP contribution in [-0.4, -0.2) is 23.6 Å². The maximum atomic E-state index is 5.16. The maximum Gasteiger partial charge on any atom is 0.218 e. The van der Waals surface area contributed by atoms with Gasteiger partial charge in [-0.25, -0.2) is 4.98 Å². The fourth-order valence-corrected chi connectivity index (χ4v) is 1.29.